The van der Waals surface area contributed by atoms with Crippen molar-refractivity contribution in [2.75, 3.05) is 19.8 Å². The van der Waals surface area contributed by atoms with Crippen LogP contribution < -0.4 is 0 Å². The molecule has 0 unspecified atom stereocenters. The van der Waals surface area contributed by atoms with Crippen LogP contribution in [0.25, 0.3) is 0 Å². The van der Waals surface area contributed by atoms with Crippen LogP contribution in [0.3, 0.4) is 0 Å². The maximum atomic E-state index is 8.24. The second-order valence-electron chi connectivity index (χ2n) is 1.69. The smallest absolute Gasteiger partial charge is 2.00 e. The molecule has 4 nitrogen and oxygen atoms in total. The van der Waals surface area contributed by atoms with Gasteiger partial charge in [-0.3, -0.25) is 0 Å². The van der Waals surface area contributed by atoms with Gasteiger partial charge in [0, 0.05) is 6.61 Å². The van der Waals surface area contributed by atoms with E-state index in [1.165, 1.54) is 0 Å². The average Bonchev–Trinajstić information content (AvgIpc) is 1.81. The third-order valence-corrected chi connectivity index (χ3v) is 0.878. The van der Waals surface area contributed by atoms with Crippen molar-refractivity contribution < 1.29 is 42.5 Å². The largest absolute Gasteiger partial charge is 4.00 e. The minimum atomic E-state index is 0. The number of unbranched alkanes of at least 4 members (excludes halogenated alkanes) is 1. The van der Waals surface area contributed by atoms with Crippen molar-refractivity contribution in [3.8, 4) is 0 Å². The maximum Gasteiger partial charge on any atom is 4.00 e. The molecule has 0 radical (unpaired) electrons. The van der Waals surface area contributed by atoms with Gasteiger partial charge in [0.25, 0.3) is 0 Å². The fraction of sp³-hybridized carbons (Fsp3) is 1.00. The molecular weight excluding hydrogens is 184 g/mol. The summed E-state index contributed by atoms with van der Waals surface area (Å²) in [7, 11) is 0. The van der Waals surface area contributed by atoms with E-state index in [4.69, 9.17) is 9.84 Å². The molecule has 0 spiro atoms. The molecule has 0 saturated carbocycles. The van der Waals surface area contributed by atoms with Crippen molar-refractivity contribution in [1.29, 1.82) is 0 Å². The third-order valence-electron chi connectivity index (χ3n) is 0.878. The molecule has 0 fully saturated rings. The van der Waals surface area contributed by atoms with Gasteiger partial charge in [0.1, 0.15) is 0 Å². The Morgan fingerprint density at radius 3 is 2.09 bits per heavy atom. The monoisotopic (exact) mass is 198 g/mol. The zero-order valence-corrected chi connectivity index (χ0v) is 8.27. The van der Waals surface area contributed by atoms with Crippen LogP contribution in [-0.2, 0) is 37.4 Å². The first-order valence-corrected chi connectivity index (χ1v) is 3.10. The van der Waals surface area contributed by atoms with Crippen molar-refractivity contribution >= 4 is 0 Å². The number of hydrogen-bond acceptors (Lipinski definition) is 2. The molecule has 0 rings (SSSR count). The molecule has 0 aliphatic carbocycles. The summed E-state index contributed by atoms with van der Waals surface area (Å²) in [5.74, 6) is 0. The van der Waals surface area contributed by atoms with Gasteiger partial charge in [-0.2, -0.15) is 0 Å². The second-order valence-corrected chi connectivity index (χ2v) is 1.69. The van der Waals surface area contributed by atoms with E-state index < -0.39 is 0 Å². The van der Waals surface area contributed by atoms with Crippen LogP contribution in [0.4, 0.5) is 0 Å². The molecule has 0 atom stereocenters. The minimum Gasteiger partial charge on any atom is -2.00 e. The standard InChI is InChI=1S/C6H14O2.2O.Ti/c1-2-3-5-8-6-4-7;;;/h7H,2-6H2,1H3;;;/q;2*-2;+4. The molecule has 0 aromatic carbocycles. The Morgan fingerprint density at radius 2 is 1.73 bits per heavy atom. The zero-order chi connectivity index (χ0) is 6.24. The zero-order valence-electron chi connectivity index (χ0n) is 6.71. The molecule has 1 N–H and O–H groups in total. The molecule has 0 saturated heterocycles. The molecule has 0 bridgehead atoms. The number of aliphatic hydroxyl groups excluding tert-OH is 1. The predicted octanol–water partition coefficient (Wildman–Crippen LogP) is 0.555. The van der Waals surface area contributed by atoms with E-state index in [0.717, 1.165) is 19.4 Å². The molecule has 0 amide bonds. The Bertz CT molecular complexity index is 39.6. The van der Waals surface area contributed by atoms with E-state index in [-0.39, 0.29) is 39.3 Å². The van der Waals surface area contributed by atoms with Crippen LogP contribution in [0.15, 0.2) is 0 Å². The van der Waals surface area contributed by atoms with Crippen molar-refractivity contribution in [3.05, 3.63) is 0 Å². The van der Waals surface area contributed by atoms with Crippen LogP contribution in [0.2, 0.25) is 0 Å². The van der Waals surface area contributed by atoms with Crippen LogP contribution >= 0.6 is 0 Å². The summed E-state index contributed by atoms with van der Waals surface area (Å²) in [4.78, 5) is 0. The van der Waals surface area contributed by atoms with Gasteiger partial charge >= 0.3 is 21.7 Å². The Labute approximate surface area is 82.4 Å². The summed E-state index contributed by atoms with van der Waals surface area (Å²) >= 11 is 0. The Kier molecular flexibility index (Phi) is 46.0. The Balaban J connectivity index is -0.0000000817. The van der Waals surface area contributed by atoms with Crippen molar-refractivity contribution in [3.63, 3.8) is 0 Å². The molecule has 0 aliphatic rings. The van der Waals surface area contributed by atoms with E-state index in [9.17, 15) is 0 Å². The predicted molar refractivity (Wildman–Crippen MR) is 34.2 cm³/mol. The topological polar surface area (TPSA) is 86.5 Å². The Hall–Kier alpha value is 0.554. The van der Waals surface area contributed by atoms with Gasteiger partial charge in [0.2, 0.25) is 0 Å². The number of ether oxygens (including phenoxy) is 1. The summed E-state index contributed by atoms with van der Waals surface area (Å²) in [5, 5.41) is 8.24. The van der Waals surface area contributed by atoms with Gasteiger partial charge in [0.15, 0.2) is 0 Å². The first-order chi connectivity index (χ1) is 3.91. The molecular formula is C6H14O4Ti. The fourth-order valence-electron chi connectivity index (χ4n) is 0.413. The van der Waals surface area contributed by atoms with Crippen molar-refractivity contribution in [2.45, 2.75) is 19.8 Å². The summed E-state index contributed by atoms with van der Waals surface area (Å²) in [6.07, 6.45) is 2.26. The molecule has 0 aromatic rings. The van der Waals surface area contributed by atoms with E-state index in [0.29, 0.717) is 6.61 Å². The Morgan fingerprint density at radius 1 is 1.18 bits per heavy atom. The van der Waals surface area contributed by atoms with Crippen LogP contribution in [-0.4, -0.2) is 24.9 Å². The average molecular weight is 198 g/mol. The first-order valence-electron chi connectivity index (χ1n) is 3.10. The number of rotatable bonds is 5. The number of hydrogen-bond donors (Lipinski definition) is 1. The maximum absolute atomic E-state index is 8.24. The second kappa shape index (κ2) is 22.4. The number of aliphatic hydroxyl groups is 1. The summed E-state index contributed by atoms with van der Waals surface area (Å²) in [6.45, 7) is 3.53. The summed E-state index contributed by atoms with van der Waals surface area (Å²) in [6, 6.07) is 0. The van der Waals surface area contributed by atoms with E-state index >= 15 is 0 Å². The van der Waals surface area contributed by atoms with Gasteiger partial charge in [-0.15, -0.1) is 0 Å². The first kappa shape index (κ1) is 22.6. The van der Waals surface area contributed by atoms with Crippen LogP contribution in [0.5, 0.6) is 0 Å². The normalized spacial score (nSPS) is 7.09. The molecule has 0 aliphatic heterocycles. The van der Waals surface area contributed by atoms with Crippen LogP contribution in [0.1, 0.15) is 19.8 Å². The molecule has 11 heavy (non-hydrogen) atoms. The fourth-order valence-corrected chi connectivity index (χ4v) is 0.413. The molecule has 5 heteroatoms. The van der Waals surface area contributed by atoms with Crippen molar-refractivity contribution in [2.24, 2.45) is 0 Å². The van der Waals surface area contributed by atoms with E-state index in [1.807, 2.05) is 0 Å². The van der Waals surface area contributed by atoms with Gasteiger partial charge in [0.05, 0.1) is 13.2 Å². The van der Waals surface area contributed by atoms with Gasteiger partial charge in [-0.05, 0) is 6.42 Å². The SMILES string of the molecule is CCCCOCCO.[O-2].[O-2].[Ti+4]. The molecule has 66 valence electrons. The van der Waals surface area contributed by atoms with Gasteiger partial charge in [-0.25, -0.2) is 0 Å². The van der Waals surface area contributed by atoms with Gasteiger partial charge < -0.3 is 20.8 Å². The summed E-state index contributed by atoms with van der Waals surface area (Å²) < 4.78 is 4.97. The molecule has 0 heterocycles. The minimum absolute atomic E-state index is 0. The van der Waals surface area contributed by atoms with Crippen molar-refractivity contribution in [1.82, 2.24) is 0 Å². The van der Waals surface area contributed by atoms with E-state index in [1.54, 1.807) is 0 Å². The van der Waals surface area contributed by atoms with E-state index in [2.05, 4.69) is 6.92 Å². The van der Waals surface area contributed by atoms with Gasteiger partial charge in [-0.1, -0.05) is 13.3 Å². The molecule has 0 aromatic heterocycles. The van der Waals surface area contributed by atoms with Crippen LogP contribution in [0, 0.1) is 0 Å². The quantitative estimate of drug-likeness (QED) is 0.516. The third kappa shape index (κ3) is 25.0. The summed E-state index contributed by atoms with van der Waals surface area (Å²) in [5.41, 5.74) is 0.